The molecule has 90 valence electrons. The van der Waals surface area contributed by atoms with Crippen LogP contribution in [0.25, 0.3) is 0 Å². The van der Waals surface area contributed by atoms with Crippen molar-refractivity contribution in [2.75, 3.05) is 13.1 Å². The summed E-state index contributed by atoms with van der Waals surface area (Å²) in [7, 11) is -3.36. The summed E-state index contributed by atoms with van der Waals surface area (Å²) in [5, 5.41) is 0. The predicted octanol–water partition coefficient (Wildman–Crippen LogP) is 2.11. The quantitative estimate of drug-likeness (QED) is 0.822. The fraction of sp³-hybridized carbons (Fsp3) is 0.231. The maximum absolute atomic E-state index is 12.3. The van der Waals surface area contributed by atoms with E-state index in [1.807, 2.05) is 25.1 Å². The first-order chi connectivity index (χ1) is 8.04. The summed E-state index contributed by atoms with van der Waals surface area (Å²) in [6, 6.07) is 6.92. The van der Waals surface area contributed by atoms with Crippen molar-refractivity contribution in [1.29, 1.82) is 0 Å². The fourth-order valence-electron chi connectivity index (χ4n) is 1.74. The van der Waals surface area contributed by atoms with E-state index in [0.29, 0.717) is 18.0 Å². The summed E-state index contributed by atoms with van der Waals surface area (Å²) in [6.45, 7) is 6.43. The molecule has 1 aromatic carbocycles. The average Bonchev–Trinajstić information content (AvgIpc) is 2.78. The molecule has 1 aliphatic rings. The van der Waals surface area contributed by atoms with Gasteiger partial charge in [0.2, 0.25) is 10.0 Å². The van der Waals surface area contributed by atoms with Gasteiger partial charge in [-0.25, -0.2) is 8.42 Å². The Morgan fingerprint density at radius 2 is 1.94 bits per heavy atom. The molecule has 0 N–H and O–H groups in total. The molecule has 3 nitrogen and oxygen atoms in total. The first-order valence-corrected chi connectivity index (χ1v) is 6.86. The molecule has 0 saturated carbocycles. The first-order valence-electron chi connectivity index (χ1n) is 5.42. The summed E-state index contributed by atoms with van der Waals surface area (Å²) >= 11 is 0. The van der Waals surface area contributed by atoms with E-state index in [1.165, 1.54) is 4.31 Å². The van der Waals surface area contributed by atoms with Crippen molar-refractivity contribution in [3.05, 3.63) is 54.1 Å². The van der Waals surface area contributed by atoms with Crippen molar-refractivity contribution in [1.82, 2.24) is 4.31 Å². The lowest BCUT2D eigenvalue weighted by Gasteiger charge is -2.16. The minimum atomic E-state index is -3.36. The zero-order valence-electron chi connectivity index (χ0n) is 9.76. The highest BCUT2D eigenvalue weighted by Crippen LogP contribution is 2.21. The maximum atomic E-state index is 12.3. The number of rotatable bonds is 3. The van der Waals surface area contributed by atoms with Gasteiger partial charge >= 0.3 is 0 Å². The van der Waals surface area contributed by atoms with Gasteiger partial charge in [-0.2, -0.15) is 4.31 Å². The van der Waals surface area contributed by atoms with Gasteiger partial charge in [0, 0.05) is 13.1 Å². The SMILES string of the molecule is C=CC1=CCN(S(=O)(=O)c2ccc(C)cc2)C1. The third kappa shape index (κ3) is 2.33. The van der Waals surface area contributed by atoms with Crippen molar-refractivity contribution >= 4 is 10.0 Å². The lowest BCUT2D eigenvalue weighted by molar-refractivity contribution is 0.485. The first kappa shape index (κ1) is 12.1. The number of hydrogen-bond donors (Lipinski definition) is 0. The van der Waals surface area contributed by atoms with E-state index < -0.39 is 10.0 Å². The third-order valence-electron chi connectivity index (χ3n) is 2.84. The molecule has 17 heavy (non-hydrogen) atoms. The topological polar surface area (TPSA) is 37.4 Å². The molecule has 0 spiro atoms. The molecule has 0 amide bonds. The molecule has 0 aliphatic carbocycles. The standard InChI is InChI=1S/C13H15NO2S/c1-3-12-8-9-14(10-12)17(15,16)13-6-4-11(2)5-7-13/h3-8H,1,9-10H2,2H3. The van der Waals surface area contributed by atoms with E-state index in [0.717, 1.165) is 11.1 Å². The van der Waals surface area contributed by atoms with Crippen LogP contribution in [0.1, 0.15) is 5.56 Å². The highest BCUT2D eigenvalue weighted by Gasteiger charge is 2.26. The van der Waals surface area contributed by atoms with Gasteiger partial charge in [0.25, 0.3) is 0 Å². The van der Waals surface area contributed by atoms with Crippen LogP contribution in [0.5, 0.6) is 0 Å². The normalized spacial score (nSPS) is 16.9. The Morgan fingerprint density at radius 1 is 1.29 bits per heavy atom. The van der Waals surface area contributed by atoms with Gasteiger partial charge < -0.3 is 0 Å². The Bertz CT molecular complexity index is 556. The molecule has 0 atom stereocenters. The largest absolute Gasteiger partial charge is 0.243 e. The molecule has 0 fully saturated rings. The van der Waals surface area contributed by atoms with Gasteiger partial charge in [-0.3, -0.25) is 0 Å². The number of hydrogen-bond acceptors (Lipinski definition) is 2. The summed E-state index contributed by atoms with van der Waals surface area (Å²) in [4.78, 5) is 0.349. The zero-order chi connectivity index (χ0) is 12.5. The van der Waals surface area contributed by atoms with Crippen LogP contribution in [-0.2, 0) is 10.0 Å². The number of nitrogens with zero attached hydrogens (tertiary/aromatic N) is 1. The Hall–Kier alpha value is -1.39. The Morgan fingerprint density at radius 3 is 2.47 bits per heavy atom. The molecule has 0 unspecified atom stereocenters. The number of aryl methyl sites for hydroxylation is 1. The van der Waals surface area contributed by atoms with E-state index in [2.05, 4.69) is 6.58 Å². The van der Waals surface area contributed by atoms with Gasteiger partial charge in [-0.1, -0.05) is 36.4 Å². The minimum absolute atomic E-state index is 0.349. The second-order valence-electron chi connectivity index (χ2n) is 4.09. The second-order valence-corrected chi connectivity index (χ2v) is 6.03. The summed E-state index contributed by atoms with van der Waals surface area (Å²) < 4.78 is 26.0. The lowest BCUT2D eigenvalue weighted by atomic mass is 10.2. The molecular formula is C13H15NO2S. The van der Waals surface area contributed by atoms with E-state index in [4.69, 9.17) is 0 Å². The van der Waals surface area contributed by atoms with Crippen molar-refractivity contribution in [3.8, 4) is 0 Å². The van der Waals surface area contributed by atoms with Crippen LogP contribution in [0.2, 0.25) is 0 Å². The summed E-state index contributed by atoms with van der Waals surface area (Å²) in [6.07, 6.45) is 3.59. The van der Waals surface area contributed by atoms with E-state index >= 15 is 0 Å². The van der Waals surface area contributed by atoms with E-state index in [9.17, 15) is 8.42 Å². The Kier molecular flexibility index (Phi) is 3.17. The number of benzene rings is 1. The zero-order valence-corrected chi connectivity index (χ0v) is 10.6. The van der Waals surface area contributed by atoms with Crippen LogP contribution in [-0.4, -0.2) is 25.8 Å². The van der Waals surface area contributed by atoms with Gasteiger partial charge in [0.15, 0.2) is 0 Å². The molecule has 0 radical (unpaired) electrons. The third-order valence-corrected chi connectivity index (χ3v) is 4.66. The van der Waals surface area contributed by atoms with E-state index in [-0.39, 0.29) is 0 Å². The molecule has 0 aromatic heterocycles. The van der Waals surface area contributed by atoms with Crippen molar-refractivity contribution in [2.24, 2.45) is 0 Å². The van der Waals surface area contributed by atoms with Crippen LogP contribution in [0.3, 0.4) is 0 Å². The van der Waals surface area contributed by atoms with Gasteiger partial charge in [0.1, 0.15) is 0 Å². The van der Waals surface area contributed by atoms with Crippen molar-refractivity contribution in [2.45, 2.75) is 11.8 Å². The van der Waals surface area contributed by atoms with Crippen LogP contribution in [0.15, 0.2) is 53.5 Å². The molecule has 1 heterocycles. The summed E-state index contributed by atoms with van der Waals surface area (Å²) in [5.41, 5.74) is 2.01. The van der Waals surface area contributed by atoms with Crippen molar-refractivity contribution in [3.63, 3.8) is 0 Å². The Balaban J connectivity index is 2.26. The van der Waals surface area contributed by atoms with Gasteiger partial charge in [-0.15, -0.1) is 0 Å². The molecule has 1 aromatic rings. The molecule has 0 bridgehead atoms. The van der Waals surface area contributed by atoms with Crippen LogP contribution < -0.4 is 0 Å². The smallest absolute Gasteiger partial charge is 0.207 e. The predicted molar refractivity (Wildman–Crippen MR) is 68.2 cm³/mol. The van der Waals surface area contributed by atoms with Crippen LogP contribution >= 0.6 is 0 Å². The lowest BCUT2D eigenvalue weighted by Crippen LogP contribution is -2.29. The monoisotopic (exact) mass is 249 g/mol. The highest BCUT2D eigenvalue weighted by atomic mass is 32.2. The molecular weight excluding hydrogens is 234 g/mol. The molecule has 4 heteroatoms. The van der Waals surface area contributed by atoms with E-state index in [1.54, 1.807) is 18.2 Å². The van der Waals surface area contributed by atoms with Crippen molar-refractivity contribution < 1.29 is 8.42 Å². The fourth-order valence-corrected chi connectivity index (χ4v) is 3.11. The average molecular weight is 249 g/mol. The number of sulfonamides is 1. The highest BCUT2D eigenvalue weighted by molar-refractivity contribution is 7.89. The molecule has 2 rings (SSSR count). The Labute approximate surface area is 102 Å². The molecule has 1 aliphatic heterocycles. The second kappa shape index (κ2) is 4.47. The maximum Gasteiger partial charge on any atom is 0.243 e. The van der Waals surface area contributed by atoms with Crippen LogP contribution in [0, 0.1) is 6.92 Å². The van der Waals surface area contributed by atoms with Gasteiger partial charge in [0.05, 0.1) is 4.90 Å². The minimum Gasteiger partial charge on any atom is -0.207 e. The van der Waals surface area contributed by atoms with Gasteiger partial charge in [-0.05, 0) is 24.6 Å². The summed E-state index contributed by atoms with van der Waals surface area (Å²) in [5.74, 6) is 0. The van der Waals surface area contributed by atoms with Crippen LogP contribution in [0.4, 0.5) is 0 Å². The molecule has 0 saturated heterocycles.